The predicted octanol–water partition coefficient (Wildman–Crippen LogP) is 3.22. The van der Waals surface area contributed by atoms with Crippen LogP contribution in [0.5, 0.6) is 0 Å². The summed E-state index contributed by atoms with van der Waals surface area (Å²) in [5, 5.41) is 4.57. The lowest BCUT2D eigenvalue weighted by Gasteiger charge is -2.43. The van der Waals surface area contributed by atoms with Crippen molar-refractivity contribution in [3.05, 3.63) is 54.6 Å². The maximum atomic E-state index is 6.55. The largest absolute Gasteiger partial charge is 0.397 e. The summed E-state index contributed by atoms with van der Waals surface area (Å²) >= 11 is 0. The highest BCUT2D eigenvalue weighted by Gasteiger charge is 2.37. The van der Waals surface area contributed by atoms with Crippen LogP contribution in [0.25, 0.3) is 11.0 Å². The van der Waals surface area contributed by atoms with Crippen molar-refractivity contribution in [1.29, 1.82) is 0 Å². The molecule has 8 heteroatoms. The number of aromatic nitrogens is 3. The molecular weight excluding hydrogens is 402 g/mol. The summed E-state index contributed by atoms with van der Waals surface area (Å²) in [5.41, 5.74) is 17.3. The smallest absolute Gasteiger partial charge is 0.142 e. The van der Waals surface area contributed by atoms with Gasteiger partial charge in [-0.05, 0) is 37.0 Å². The van der Waals surface area contributed by atoms with Crippen LogP contribution in [0.2, 0.25) is 0 Å². The first-order valence-corrected chi connectivity index (χ1v) is 11.3. The van der Waals surface area contributed by atoms with Crippen LogP contribution < -0.4 is 21.7 Å². The predicted molar refractivity (Wildman–Crippen MR) is 129 cm³/mol. The minimum absolute atomic E-state index is 0.195. The molecule has 2 aliphatic rings. The standard InChI is InChI=1S/C24H31N7O/c1-16(30-20-4-2-3-18(21(20)26)17-6-12-32-13-17)24(14-25)7-10-31(11-8-24)23-19-5-9-27-22(19)28-15-29-23/h2-5,9,15,17,30H,1,6-8,10-14,25-26H2,(H,27,28,29). The van der Waals surface area contributed by atoms with Crippen molar-refractivity contribution in [3.8, 4) is 0 Å². The molecule has 0 amide bonds. The Bertz CT molecular complexity index is 1110. The normalized spacial score (nSPS) is 20.5. The van der Waals surface area contributed by atoms with E-state index in [0.717, 1.165) is 85.1 Å². The van der Waals surface area contributed by atoms with Crippen molar-refractivity contribution < 1.29 is 4.74 Å². The number of nitrogen functional groups attached to an aromatic ring is 1. The Labute approximate surface area is 188 Å². The average Bonchev–Trinajstić information content (AvgIpc) is 3.52. The molecule has 2 saturated heterocycles. The fourth-order valence-corrected chi connectivity index (χ4v) is 5.01. The summed E-state index contributed by atoms with van der Waals surface area (Å²) < 4.78 is 5.56. The van der Waals surface area contributed by atoms with E-state index in [-0.39, 0.29) is 5.41 Å². The summed E-state index contributed by atoms with van der Waals surface area (Å²) in [6.45, 7) is 8.17. The molecule has 0 saturated carbocycles. The van der Waals surface area contributed by atoms with Crippen molar-refractivity contribution in [2.45, 2.75) is 25.2 Å². The highest BCUT2D eigenvalue weighted by Crippen LogP contribution is 2.41. The number of nitrogens with zero attached hydrogens (tertiary/aromatic N) is 3. The molecule has 2 fully saturated rings. The van der Waals surface area contributed by atoms with Gasteiger partial charge in [-0.3, -0.25) is 0 Å². The molecule has 0 aliphatic carbocycles. The number of fused-ring (bicyclic) bond motifs is 1. The second-order valence-electron chi connectivity index (χ2n) is 8.88. The minimum atomic E-state index is -0.195. The Morgan fingerprint density at radius 1 is 1.28 bits per heavy atom. The van der Waals surface area contributed by atoms with E-state index in [4.69, 9.17) is 16.2 Å². The van der Waals surface area contributed by atoms with Gasteiger partial charge in [0.2, 0.25) is 0 Å². The van der Waals surface area contributed by atoms with Crippen molar-refractivity contribution in [1.82, 2.24) is 15.0 Å². The molecule has 0 radical (unpaired) electrons. The fourth-order valence-electron chi connectivity index (χ4n) is 5.01. The van der Waals surface area contributed by atoms with Crippen LogP contribution in [0, 0.1) is 5.41 Å². The highest BCUT2D eigenvalue weighted by molar-refractivity contribution is 5.87. The quantitative estimate of drug-likeness (QED) is 0.441. The fraction of sp³-hybridized carbons (Fsp3) is 0.417. The van der Waals surface area contributed by atoms with Crippen molar-refractivity contribution >= 4 is 28.2 Å². The second-order valence-corrected chi connectivity index (χ2v) is 8.88. The van der Waals surface area contributed by atoms with Crippen molar-refractivity contribution in [3.63, 3.8) is 0 Å². The number of nitrogens with one attached hydrogen (secondary N) is 2. The number of nitrogens with two attached hydrogens (primary N) is 2. The molecular formula is C24H31N7O. The summed E-state index contributed by atoms with van der Waals surface area (Å²) in [6, 6.07) is 8.20. The molecule has 3 aromatic rings. The van der Waals surface area contributed by atoms with Crippen LogP contribution in [0.3, 0.4) is 0 Å². The lowest BCUT2D eigenvalue weighted by atomic mass is 9.75. The van der Waals surface area contributed by atoms with Crippen LogP contribution in [0.4, 0.5) is 17.2 Å². The molecule has 2 aliphatic heterocycles. The monoisotopic (exact) mass is 433 g/mol. The van der Waals surface area contributed by atoms with E-state index in [1.165, 1.54) is 0 Å². The zero-order chi connectivity index (χ0) is 22.1. The third-order valence-corrected chi connectivity index (χ3v) is 7.18. The van der Waals surface area contributed by atoms with Crippen LogP contribution in [0.15, 0.2) is 49.1 Å². The van der Waals surface area contributed by atoms with Crippen LogP contribution in [-0.4, -0.2) is 47.8 Å². The molecule has 1 atom stereocenters. The number of para-hydroxylation sites is 1. The molecule has 1 aromatic carbocycles. The van der Waals surface area contributed by atoms with Gasteiger partial charge in [0.25, 0.3) is 0 Å². The second kappa shape index (κ2) is 8.44. The Morgan fingerprint density at radius 3 is 2.88 bits per heavy atom. The number of hydrogen-bond acceptors (Lipinski definition) is 7. The highest BCUT2D eigenvalue weighted by atomic mass is 16.5. The SMILES string of the molecule is C=C(Nc1cccc(C2CCOC2)c1N)C1(CN)CCN(c2ncnc3[nH]ccc23)CC1. The summed E-state index contributed by atoms with van der Waals surface area (Å²) in [7, 11) is 0. The molecule has 2 aromatic heterocycles. The molecule has 32 heavy (non-hydrogen) atoms. The Kier molecular flexibility index (Phi) is 5.48. The molecule has 0 spiro atoms. The van der Waals surface area contributed by atoms with Gasteiger partial charge in [-0.2, -0.15) is 0 Å². The number of ether oxygens (including phenoxy) is 1. The number of piperidine rings is 1. The topological polar surface area (TPSA) is 118 Å². The van der Waals surface area contributed by atoms with Crippen molar-refractivity contribution in [2.75, 3.05) is 48.8 Å². The average molecular weight is 434 g/mol. The minimum Gasteiger partial charge on any atom is -0.397 e. The van der Waals surface area contributed by atoms with Gasteiger partial charge >= 0.3 is 0 Å². The molecule has 168 valence electrons. The number of aromatic amines is 1. The van der Waals surface area contributed by atoms with Crippen LogP contribution in [-0.2, 0) is 4.74 Å². The maximum Gasteiger partial charge on any atom is 0.142 e. The number of hydrogen-bond donors (Lipinski definition) is 4. The lowest BCUT2D eigenvalue weighted by molar-refractivity contribution is 0.194. The zero-order valence-corrected chi connectivity index (χ0v) is 18.3. The van der Waals surface area contributed by atoms with Gasteiger partial charge in [0.05, 0.1) is 23.4 Å². The lowest BCUT2D eigenvalue weighted by Crippen LogP contribution is -2.46. The van der Waals surface area contributed by atoms with Gasteiger partial charge in [0, 0.05) is 49.5 Å². The van der Waals surface area contributed by atoms with Gasteiger partial charge in [-0.1, -0.05) is 18.7 Å². The van der Waals surface area contributed by atoms with E-state index in [9.17, 15) is 0 Å². The summed E-state index contributed by atoms with van der Waals surface area (Å²) in [4.78, 5) is 14.3. The molecule has 8 nitrogen and oxygen atoms in total. The van der Waals surface area contributed by atoms with E-state index in [0.29, 0.717) is 12.5 Å². The third-order valence-electron chi connectivity index (χ3n) is 7.18. The van der Waals surface area contributed by atoms with Crippen molar-refractivity contribution in [2.24, 2.45) is 11.1 Å². The number of benzene rings is 1. The third kappa shape index (κ3) is 3.59. The number of anilines is 3. The summed E-state index contributed by atoms with van der Waals surface area (Å²) in [6.07, 6.45) is 6.31. The Hall–Kier alpha value is -3.10. The Balaban J connectivity index is 1.32. The van der Waals surface area contributed by atoms with E-state index in [1.54, 1.807) is 6.33 Å². The van der Waals surface area contributed by atoms with E-state index >= 15 is 0 Å². The first-order chi connectivity index (χ1) is 15.6. The van der Waals surface area contributed by atoms with E-state index in [2.05, 4.69) is 43.9 Å². The molecule has 5 rings (SSSR count). The first-order valence-electron chi connectivity index (χ1n) is 11.3. The number of rotatable bonds is 6. The van der Waals surface area contributed by atoms with Gasteiger partial charge in [0.1, 0.15) is 17.8 Å². The van der Waals surface area contributed by atoms with Gasteiger partial charge in [-0.25, -0.2) is 9.97 Å². The molecule has 0 bridgehead atoms. The zero-order valence-electron chi connectivity index (χ0n) is 18.3. The van der Waals surface area contributed by atoms with E-state index < -0.39 is 0 Å². The molecule has 4 heterocycles. The van der Waals surface area contributed by atoms with E-state index in [1.807, 2.05) is 18.3 Å². The van der Waals surface area contributed by atoms with Crippen LogP contribution in [0.1, 0.15) is 30.7 Å². The van der Waals surface area contributed by atoms with Gasteiger partial charge < -0.3 is 31.4 Å². The first kappa shape index (κ1) is 20.8. The van der Waals surface area contributed by atoms with Gasteiger partial charge in [0.15, 0.2) is 0 Å². The Morgan fingerprint density at radius 2 is 2.12 bits per heavy atom. The maximum absolute atomic E-state index is 6.55. The molecule has 1 unspecified atom stereocenters. The van der Waals surface area contributed by atoms with Gasteiger partial charge in [-0.15, -0.1) is 0 Å². The number of H-pyrrole nitrogens is 1. The molecule has 6 N–H and O–H groups in total. The van der Waals surface area contributed by atoms with Crippen LogP contribution >= 0.6 is 0 Å². The summed E-state index contributed by atoms with van der Waals surface area (Å²) in [5.74, 6) is 1.33.